The first-order valence-electron chi connectivity index (χ1n) is 8.14. The summed E-state index contributed by atoms with van der Waals surface area (Å²) in [5.41, 5.74) is 1.90. The zero-order valence-electron chi connectivity index (χ0n) is 12.8. The van der Waals surface area contributed by atoms with E-state index in [1.165, 1.54) is 19.3 Å². The first kappa shape index (κ1) is 14.2. The zero-order chi connectivity index (χ0) is 14.7. The van der Waals surface area contributed by atoms with Gasteiger partial charge >= 0.3 is 0 Å². The van der Waals surface area contributed by atoms with Crippen LogP contribution in [0.2, 0.25) is 0 Å². The first-order chi connectivity index (χ1) is 10.3. The van der Waals surface area contributed by atoms with Crippen molar-refractivity contribution >= 4 is 16.8 Å². The number of H-pyrrole nitrogens is 1. The highest BCUT2D eigenvalue weighted by atomic mass is 16.2. The highest BCUT2D eigenvalue weighted by Gasteiger charge is 2.21. The lowest BCUT2D eigenvalue weighted by Crippen LogP contribution is -2.32. The van der Waals surface area contributed by atoms with E-state index in [2.05, 4.69) is 11.9 Å². The Morgan fingerprint density at radius 3 is 3.05 bits per heavy atom. The fourth-order valence-corrected chi connectivity index (χ4v) is 3.43. The minimum absolute atomic E-state index is 0.190. The van der Waals surface area contributed by atoms with Gasteiger partial charge in [0.2, 0.25) is 0 Å². The molecule has 1 aliphatic rings. The molecule has 3 heteroatoms. The topological polar surface area (TPSA) is 36.1 Å². The second kappa shape index (κ2) is 6.33. The fourth-order valence-electron chi connectivity index (χ4n) is 3.43. The van der Waals surface area contributed by atoms with Gasteiger partial charge in [-0.15, -0.1) is 0 Å². The molecule has 2 aromatic rings. The molecule has 1 unspecified atom stereocenters. The number of aromatic nitrogens is 1. The molecule has 0 radical (unpaired) electrons. The molecule has 1 amide bonds. The van der Waals surface area contributed by atoms with Crippen LogP contribution in [-0.2, 0) is 0 Å². The van der Waals surface area contributed by atoms with Crippen LogP contribution >= 0.6 is 0 Å². The Bertz CT molecular complexity index is 616. The average molecular weight is 284 g/mol. The molecule has 0 saturated carbocycles. The van der Waals surface area contributed by atoms with Gasteiger partial charge < -0.3 is 9.88 Å². The lowest BCUT2D eigenvalue weighted by molar-refractivity contribution is 0.0760. The number of nitrogens with zero attached hydrogens (tertiary/aromatic N) is 1. The van der Waals surface area contributed by atoms with Crippen LogP contribution < -0.4 is 0 Å². The van der Waals surface area contributed by atoms with Gasteiger partial charge in [0.1, 0.15) is 0 Å². The molecule has 1 saturated heterocycles. The highest BCUT2D eigenvalue weighted by Crippen LogP contribution is 2.23. The summed E-state index contributed by atoms with van der Waals surface area (Å²) >= 11 is 0. The van der Waals surface area contributed by atoms with E-state index in [0.717, 1.165) is 48.3 Å². The van der Waals surface area contributed by atoms with Crippen molar-refractivity contribution in [2.24, 2.45) is 5.92 Å². The van der Waals surface area contributed by atoms with Crippen molar-refractivity contribution in [1.82, 2.24) is 9.88 Å². The average Bonchev–Trinajstić information content (AvgIpc) is 2.85. The second-order valence-electron chi connectivity index (χ2n) is 6.16. The largest absolute Gasteiger partial charge is 0.361 e. The number of carbonyl (C=O) groups is 1. The normalized spacial score (nSPS) is 19.7. The molecule has 1 fully saturated rings. The third-order valence-electron chi connectivity index (χ3n) is 4.63. The molecule has 0 bridgehead atoms. The number of hydrogen-bond acceptors (Lipinski definition) is 1. The molecule has 2 heterocycles. The van der Waals surface area contributed by atoms with Crippen LogP contribution in [-0.4, -0.2) is 28.9 Å². The van der Waals surface area contributed by atoms with Crippen molar-refractivity contribution in [1.29, 1.82) is 0 Å². The number of hydrogen-bond donors (Lipinski definition) is 1. The molecule has 1 aliphatic heterocycles. The molecule has 1 atom stereocenters. The van der Waals surface area contributed by atoms with Crippen molar-refractivity contribution in [3.05, 3.63) is 36.0 Å². The van der Waals surface area contributed by atoms with Gasteiger partial charge in [-0.3, -0.25) is 4.79 Å². The number of carbonyl (C=O) groups excluding carboxylic acids is 1. The molecule has 1 aromatic heterocycles. The van der Waals surface area contributed by atoms with Crippen LogP contribution in [0.1, 0.15) is 49.4 Å². The van der Waals surface area contributed by atoms with Gasteiger partial charge in [-0.25, -0.2) is 0 Å². The van der Waals surface area contributed by atoms with Gasteiger partial charge in [0.05, 0.1) is 0 Å². The van der Waals surface area contributed by atoms with Crippen LogP contribution in [0.3, 0.4) is 0 Å². The minimum Gasteiger partial charge on any atom is -0.361 e. The van der Waals surface area contributed by atoms with Crippen molar-refractivity contribution in [3.63, 3.8) is 0 Å². The maximum Gasteiger partial charge on any atom is 0.253 e. The lowest BCUT2D eigenvalue weighted by atomic mass is 9.96. The summed E-state index contributed by atoms with van der Waals surface area (Å²) in [6.45, 7) is 4.07. The van der Waals surface area contributed by atoms with Crippen LogP contribution in [0.5, 0.6) is 0 Å². The number of likely N-dealkylation sites (tertiary alicyclic amines) is 1. The van der Waals surface area contributed by atoms with Crippen LogP contribution in [0.15, 0.2) is 30.5 Å². The molecule has 3 nitrogen and oxygen atoms in total. The van der Waals surface area contributed by atoms with Gasteiger partial charge in [-0.2, -0.15) is 0 Å². The Labute approximate surface area is 126 Å². The predicted octanol–water partition coefficient (Wildman–Crippen LogP) is 4.21. The summed E-state index contributed by atoms with van der Waals surface area (Å²) in [6.07, 6.45) is 8.05. The smallest absolute Gasteiger partial charge is 0.253 e. The third-order valence-corrected chi connectivity index (χ3v) is 4.63. The minimum atomic E-state index is 0.190. The zero-order valence-corrected chi connectivity index (χ0v) is 12.8. The monoisotopic (exact) mass is 284 g/mol. The standard InChI is InChI=1S/C18H24N2O/c1-2-4-14-5-3-11-20(12-9-14)18(21)16-6-7-17-15(13-16)8-10-19-17/h6-8,10,13-14,19H,2-5,9,11-12H2,1H3. The van der Waals surface area contributed by atoms with Crippen LogP contribution in [0.4, 0.5) is 0 Å². The number of amides is 1. The van der Waals surface area contributed by atoms with Gasteiger partial charge in [0, 0.05) is 35.8 Å². The summed E-state index contributed by atoms with van der Waals surface area (Å²) in [5.74, 6) is 0.996. The summed E-state index contributed by atoms with van der Waals surface area (Å²) in [4.78, 5) is 17.9. The molecular weight excluding hydrogens is 260 g/mol. The molecule has 1 N–H and O–H groups in total. The lowest BCUT2D eigenvalue weighted by Gasteiger charge is -2.20. The van der Waals surface area contributed by atoms with Crippen LogP contribution in [0, 0.1) is 5.92 Å². The molecule has 112 valence electrons. The van der Waals surface area contributed by atoms with E-state index in [0.29, 0.717) is 0 Å². The molecular formula is C18H24N2O. The highest BCUT2D eigenvalue weighted by molar-refractivity contribution is 5.98. The Balaban J connectivity index is 1.72. The Morgan fingerprint density at radius 2 is 2.19 bits per heavy atom. The van der Waals surface area contributed by atoms with E-state index in [4.69, 9.17) is 0 Å². The first-order valence-corrected chi connectivity index (χ1v) is 8.14. The molecule has 3 rings (SSSR count). The maximum atomic E-state index is 12.7. The predicted molar refractivity (Wildman–Crippen MR) is 86.5 cm³/mol. The summed E-state index contributed by atoms with van der Waals surface area (Å²) in [6, 6.07) is 7.96. The number of rotatable bonds is 3. The second-order valence-corrected chi connectivity index (χ2v) is 6.16. The number of fused-ring (bicyclic) bond motifs is 1. The van der Waals surface area contributed by atoms with Crippen LogP contribution in [0.25, 0.3) is 10.9 Å². The Hall–Kier alpha value is -1.77. The number of nitrogens with one attached hydrogen (secondary N) is 1. The SMILES string of the molecule is CCCC1CCCN(C(=O)c2ccc3[nH]ccc3c2)CC1. The summed E-state index contributed by atoms with van der Waals surface area (Å²) in [7, 11) is 0. The van der Waals surface area contributed by atoms with Crippen molar-refractivity contribution in [2.75, 3.05) is 13.1 Å². The molecule has 0 spiro atoms. The van der Waals surface area contributed by atoms with Gasteiger partial charge in [-0.05, 0) is 49.4 Å². The molecule has 21 heavy (non-hydrogen) atoms. The van der Waals surface area contributed by atoms with E-state index < -0.39 is 0 Å². The third kappa shape index (κ3) is 3.12. The quantitative estimate of drug-likeness (QED) is 0.900. The van der Waals surface area contributed by atoms with E-state index in [1.54, 1.807) is 0 Å². The van der Waals surface area contributed by atoms with Crippen molar-refractivity contribution < 1.29 is 4.79 Å². The van der Waals surface area contributed by atoms with E-state index in [-0.39, 0.29) is 5.91 Å². The van der Waals surface area contributed by atoms with Gasteiger partial charge in [0.15, 0.2) is 0 Å². The van der Waals surface area contributed by atoms with Gasteiger partial charge in [-0.1, -0.05) is 19.8 Å². The van der Waals surface area contributed by atoms with E-state index >= 15 is 0 Å². The number of benzene rings is 1. The fraction of sp³-hybridized carbons (Fsp3) is 0.500. The molecule has 0 aliphatic carbocycles. The Morgan fingerprint density at radius 1 is 1.29 bits per heavy atom. The van der Waals surface area contributed by atoms with E-state index in [9.17, 15) is 4.79 Å². The van der Waals surface area contributed by atoms with E-state index in [1.807, 2.05) is 35.4 Å². The maximum absolute atomic E-state index is 12.7. The van der Waals surface area contributed by atoms with Gasteiger partial charge in [0.25, 0.3) is 5.91 Å². The number of aromatic amines is 1. The Kier molecular flexibility index (Phi) is 4.28. The van der Waals surface area contributed by atoms with Crippen molar-refractivity contribution in [2.45, 2.75) is 39.0 Å². The summed E-state index contributed by atoms with van der Waals surface area (Å²) < 4.78 is 0. The van der Waals surface area contributed by atoms with Crippen molar-refractivity contribution in [3.8, 4) is 0 Å². The summed E-state index contributed by atoms with van der Waals surface area (Å²) in [5, 5.41) is 1.11. The molecule has 1 aromatic carbocycles.